The summed E-state index contributed by atoms with van der Waals surface area (Å²) in [7, 11) is 0. The number of para-hydroxylation sites is 1. The molecule has 1 amide bonds. The first-order chi connectivity index (χ1) is 17.8. The highest BCUT2D eigenvalue weighted by atomic mass is 16.7. The first-order valence-corrected chi connectivity index (χ1v) is 11.4. The van der Waals surface area contributed by atoms with Gasteiger partial charge in [-0.2, -0.15) is 0 Å². The van der Waals surface area contributed by atoms with Crippen molar-refractivity contribution in [3.63, 3.8) is 0 Å². The van der Waals surface area contributed by atoms with E-state index in [4.69, 9.17) is 33.5 Å². The number of carboxylic acid groups (broad SMARTS) is 1. The van der Waals surface area contributed by atoms with Gasteiger partial charge in [0.05, 0.1) is 5.56 Å². The van der Waals surface area contributed by atoms with Gasteiger partial charge in [0.25, 0.3) is 5.91 Å². The highest BCUT2D eigenvalue weighted by molar-refractivity contribution is 5.98. The van der Waals surface area contributed by atoms with E-state index in [0.29, 0.717) is 0 Å². The lowest BCUT2D eigenvalue weighted by atomic mass is 9.98. The van der Waals surface area contributed by atoms with Crippen molar-refractivity contribution in [3.8, 4) is 5.75 Å². The predicted octanol–water partition coefficient (Wildman–Crippen LogP) is 0.351. The topological polar surface area (TPSA) is 190 Å². The van der Waals surface area contributed by atoms with Crippen molar-refractivity contribution < 1.29 is 62.3 Å². The molecule has 1 aliphatic rings. The SMILES string of the molecule is CC(=O)OC[C@H]1O[C@@H](Oc2ccccc2C(=O)N[C@@H](C)C(=O)O)[C@H](OC(C)=O)[C@@H](OC(C)=O)[C@@H]1OC(C)=O. The predicted molar refractivity (Wildman–Crippen MR) is 124 cm³/mol. The number of hydrogen-bond donors (Lipinski definition) is 2. The maximum Gasteiger partial charge on any atom is 0.325 e. The highest BCUT2D eigenvalue weighted by Crippen LogP contribution is 2.32. The van der Waals surface area contributed by atoms with Crippen LogP contribution in [0, 0.1) is 0 Å². The number of carboxylic acids is 1. The van der Waals surface area contributed by atoms with Gasteiger partial charge in [-0.3, -0.25) is 28.8 Å². The number of hydrogen-bond acceptors (Lipinski definition) is 12. The summed E-state index contributed by atoms with van der Waals surface area (Å²) in [4.78, 5) is 71.1. The first-order valence-electron chi connectivity index (χ1n) is 11.4. The lowest BCUT2D eigenvalue weighted by Gasteiger charge is -2.44. The van der Waals surface area contributed by atoms with Crippen molar-refractivity contribution in [1.29, 1.82) is 0 Å². The molecule has 2 rings (SSSR count). The minimum atomic E-state index is -1.57. The van der Waals surface area contributed by atoms with Crippen LogP contribution in [0.25, 0.3) is 0 Å². The average molecular weight is 539 g/mol. The Hall–Kier alpha value is -4.20. The molecule has 0 radical (unpaired) electrons. The summed E-state index contributed by atoms with van der Waals surface area (Å²) in [5, 5.41) is 11.4. The van der Waals surface area contributed by atoms with Gasteiger partial charge in [0.15, 0.2) is 12.2 Å². The maximum atomic E-state index is 12.7. The van der Waals surface area contributed by atoms with Gasteiger partial charge >= 0.3 is 29.8 Å². The van der Waals surface area contributed by atoms with Gasteiger partial charge in [-0.1, -0.05) is 12.1 Å². The number of carbonyl (C=O) groups excluding carboxylic acids is 5. The Bertz CT molecular complexity index is 1070. The fraction of sp³-hybridized carbons (Fsp3) is 0.500. The van der Waals surface area contributed by atoms with Gasteiger partial charge in [-0.15, -0.1) is 0 Å². The molecule has 14 nitrogen and oxygen atoms in total. The van der Waals surface area contributed by atoms with E-state index in [2.05, 4.69) is 5.32 Å². The van der Waals surface area contributed by atoms with E-state index in [1.807, 2.05) is 0 Å². The molecule has 0 unspecified atom stereocenters. The van der Waals surface area contributed by atoms with Crippen LogP contribution in [0.5, 0.6) is 5.75 Å². The Morgan fingerprint density at radius 3 is 1.97 bits per heavy atom. The molecule has 2 N–H and O–H groups in total. The molecule has 0 spiro atoms. The molecule has 38 heavy (non-hydrogen) atoms. The van der Waals surface area contributed by atoms with Crippen LogP contribution in [0.4, 0.5) is 0 Å². The number of ether oxygens (including phenoxy) is 6. The number of nitrogens with one attached hydrogen (secondary N) is 1. The van der Waals surface area contributed by atoms with Gasteiger partial charge in [0.1, 0.15) is 24.5 Å². The maximum absolute atomic E-state index is 12.7. The van der Waals surface area contributed by atoms with Crippen LogP contribution < -0.4 is 10.1 Å². The molecular formula is C24H29NO13. The molecule has 0 bridgehead atoms. The minimum absolute atomic E-state index is 0.0894. The third-order valence-electron chi connectivity index (χ3n) is 5.04. The van der Waals surface area contributed by atoms with Gasteiger partial charge in [0.2, 0.25) is 12.4 Å². The Kier molecular flexibility index (Phi) is 10.6. The number of benzene rings is 1. The summed E-state index contributed by atoms with van der Waals surface area (Å²) >= 11 is 0. The summed E-state index contributed by atoms with van der Waals surface area (Å²) in [6.07, 6.45) is -7.18. The van der Waals surface area contributed by atoms with Gasteiger partial charge in [0, 0.05) is 27.7 Å². The Morgan fingerprint density at radius 1 is 0.868 bits per heavy atom. The van der Waals surface area contributed by atoms with Crippen molar-refractivity contribution in [2.75, 3.05) is 6.61 Å². The summed E-state index contributed by atoms with van der Waals surface area (Å²) in [5.74, 6) is -5.29. The zero-order valence-electron chi connectivity index (χ0n) is 21.3. The number of rotatable bonds is 10. The van der Waals surface area contributed by atoms with Crippen molar-refractivity contribution in [2.24, 2.45) is 0 Å². The number of esters is 4. The molecule has 0 aromatic heterocycles. The second-order valence-electron chi connectivity index (χ2n) is 8.22. The van der Waals surface area contributed by atoms with E-state index in [-0.39, 0.29) is 11.3 Å². The lowest BCUT2D eigenvalue weighted by Crippen LogP contribution is -2.63. The van der Waals surface area contributed by atoms with E-state index >= 15 is 0 Å². The van der Waals surface area contributed by atoms with E-state index in [0.717, 1.165) is 27.7 Å². The molecule has 1 aliphatic heterocycles. The fourth-order valence-corrected chi connectivity index (χ4v) is 3.50. The van der Waals surface area contributed by atoms with E-state index in [1.165, 1.54) is 31.2 Å². The lowest BCUT2D eigenvalue weighted by molar-refractivity contribution is -0.288. The van der Waals surface area contributed by atoms with Crippen LogP contribution in [0.1, 0.15) is 45.0 Å². The van der Waals surface area contributed by atoms with Crippen molar-refractivity contribution in [2.45, 2.75) is 71.4 Å². The van der Waals surface area contributed by atoms with E-state index in [1.54, 1.807) is 0 Å². The summed E-state index contributed by atoms with van der Waals surface area (Å²) in [5.41, 5.74) is -0.0894. The highest BCUT2D eigenvalue weighted by Gasteiger charge is 2.53. The van der Waals surface area contributed by atoms with Crippen LogP contribution in [0.2, 0.25) is 0 Å². The number of aliphatic carboxylic acids is 1. The van der Waals surface area contributed by atoms with Crippen LogP contribution in [0.3, 0.4) is 0 Å². The quantitative estimate of drug-likeness (QED) is 0.306. The molecule has 6 atom stereocenters. The molecule has 1 saturated heterocycles. The van der Waals surface area contributed by atoms with Crippen LogP contribution >= 0.6 is 0 Å². The molecule has 0 aliphatic carbocycles. The zero-order chi connectivity index (χ0) is 28.6. The number of amides is 1. The largest absolute Gasteiger partial charge is 0.480 e. The minimum Gasteiger partial charge on any atom is -0.480 e. The Balaban J connectivity index is 2.51. The van der Waals surface area contributed by atoms with Crippen LogP contribution in [-0.2, 0) is 47.7 Å². The van der Waals surface area contributed by atoms with E-state index < -0.39 is 79.1 Å². The fourth-order valence-electron chi connectivity index (χ4n) is 3.50. The zero-order valence-corrected chi connectivity index (χ0v) is 21.3. The van der Waals surface area contributed by atoms with Gasteiger partial charge in [-0.05, 0) is 19.1 Å². The molecule has 1 aromatic carbocycles. The number of carbonyl (C=O) groups is 6. The van der Waals surface area contributed by atoms with Gasteiger partial charge in [-0.25, -0.2) is 0 Å². The first kappa shape index (κ1) is 30.0. The molecule has 1 aromatic rings. The standard InChI is InChI=1S/C24H29NO13/c1-11(23(31)32)25-22(30)16-8-6-7-9-17(16)37-24-21(36-15(5)29)20(35-14(4)28)19(34-13(3)27)18(38-24)10-33-12(2)26/h6-9,11,18-21,24H,10H2,1-5H3,(H,25,30)(H,31,32)/t11-,18+,19+,20-,21+,24+/m0/s1. The van der Waals surface area contributed by atoms with E-state index in [9.17, 15) is 28.8 Å². The average Bonchev–Trinajstić information content (AvgIpc) is 2.80. The van der Waals surface area contributed by atoms with Crippen molar-refractivity contribution in [1.82, 2.24) is 5.32 Å². The second kappa shape index (κ2) is 13.4. The molecule has 14 heteroatoms. The molecule has 1 fully saturated rings. The smallest absolute Gasteiger partial charge is 0.325 e. The third-order valence-corrected chi connectivity index (χ3v) is 5.04. The molecule has 0 saturated carbocycles. The molecule has 208 valence electrons. The monoisotopic (exact) mass is 539 g/mol. The second-order valence-corrected chi connectivity index (χ2v) is 8.22. The Morgan fingerprint density at radius 2 is 1.42 bits per heavy atom. The summed E-state index contributed by atoms with van der Waals surface area (Å²) < 4.78 is 32.7. The molecule has 1 heterocycles. The van der Waals surface area contributed by atoms with Crippen molar-refractivity contribution >= 4 is 35.8 Å². The van der Waals surface area contributed by atoms with Crippen molar-refractivity contribution in [3.05, 3.63) is 29.8 Å². The molecular weight excluding hydrogens is 510 g/mol. The Labute approximate surface area is 217 Å². The van der Waals surface area contributed by atoms with Crippen LogP contribution in [-0.4, -0.2) is 84.2 Å². The third kappa shape index (κ3) is 8.44. The normalized spacial score (nSPS) is 23.2. The summed E-state index contributed by atoms with van der Waals surface area (Å²) in [6, 6.07) is 4.51. The van der Waals surface area contributed by atoms with Crippen LogP contribution in [0.15, 0.2) is 24.3 Å². The van der Waals surface area contributed by atoms with Gasteiger partial charge < -0.3 is 38.8 Å². The summed E-state index contributed by atoms with van der Waals surface area (Å²) in [6.45, 7) is 5.17.